The minimum Gasteiger partial charge on any atom is -0.477 e. The fourth-order valence-electron chi connectivity index (χ4n) is 0.778. The zero-order valence-corrected chi connectivity index (χ0v) is 8.43. The van der Waals surface area contributed by atoms with Crippen molar-refractivity contribution < 1.29 is 13.5 Å². The van der Waals surface area contributed by atoms with Crippen LogP contribution >= 0.6 is 11.6 Å². The van der Waals surface area contributed by atoms with E-state index in [2.05, 4.69) is 4.98 Å². The molecule has 0 aliphatic heterocycles. The molecule has 0 radical (unpaired) electrons. The van der Waals surface area contributed by atoms with E-state index in [9.17, 15) is 4.21 Å². The van der Waals surface area contributed by atoms with E-state index in [1.54, 1.807) is 6.92 Å². The fourth-order valence-corrected chi connectivity index (χ4v) is 1.49. The molecule has 72 valence electrons. The number of nitrogens with zero attached hydrogens (tertiary/aromatic N) is 1. The molecule has 1 aromatic heterocycles. The first-order chi connectivity index (χ1) is 6.15. The predicted molar refractivity (Wildman–Crippen MR) is 49.5 cm³/mol. The summed E-state index contributed by atoms with van der Waals surface area (Å²) in [4.78, 5) is 3.87. The Balaban J connectivity index is 3.10. The van der Waals surface area contributed by atoms with Crippen LogP contribution in [0.5, 0.6) is 5.88 Å². The van der Waals surface area contributed by atoms with Crippen LogP contribution in [0.15, 0.2) is 17.2 Å². The molecule has 0 amide bonds. The summed E-state index contributed by atoms with van der Waals surface area (Å²) in [6, 6.07) is 1.36. The van der Waals surface area contributed by atoms with Gasteiger partial charge in [0.2, 0.25) is 5.88 Å². The third-order valence-electron chi connectivity index (χ3n) is 1.25. The molecule has 0 fully saturated rings. The predicted octanol–water partition coefficient (Wildman–Crippen LogP) is 1.71. The van der Waals surface area contributed by atoms with Crippen molar-refractivity contribution in [2.45, 2.75) is 11.8 Å². The molecule has 1 rings (SSSR count). The number of pyridine rings is 1. The first-order valence-corrected chi connectivity index (χ1v) is 5.02. The van der Waals surface area contributed by atoms with Gasteiger partial charge in [-0.05, 0) is 13.0 Å². The summed E-state index contributed by atoms with van der Waals surface area (Å²) >= 11 is 3.47. The van der Waals surface area contributed by atoms with Crippen molar-refractivity contribution in [1.82, 2.24) is 4.98 Å². The summed E-state index contributed by atoms with van der Waals surface area (Å²) in [5, 5.41) is 0.306. The Hall–Kier alpha value is -0.650. The molecule has 0 bridgehead atoms. The Bertz CT molecular complexity index is 332. The number of ether oxygens (including phenoxy) is 1. The average Bonchev–Trinajstić information content (AvgIpc) is 2.08. The van der Waals surface area contributed by atoms with Gasteiger partial charge in [0.25, 0.3) is 0 Å². The lowest BCUT2D eigenvalue weighted by Crippen LogP contribution is -2.00. The van der Waals surface area contributed by atoms with E-state index in [1.165, 1.54) is 12.3 Å². The number of rotatable bonds is 3. The molecule has 0 aromatic carbocycles. The molecule has 4 nitrogen and oxygen atoms in total. The largest absolute Gasteiger partial charge is 0.477 e. The van der Waals surface area contributed by atoms with E-state index in [4.69, 9.17) is 20.9 Å². The number of halogens is 1. The molecule has 0 saturated heterocycles. The van der Waals surface area contributed by atoms with Gasteiger partial charge in [0.05, 0.1) is 11.6 Å². The van der Waals surface area contributed by atoms with Gasteiger partial charge in [0, 0.05) is 6.20 Å². The molecular formula is C7H8ClNO3S. The second kappa shape index (κ2) is 4.55. The maximum absolute atomic E-state index is 10.8. The topological polar surface area (TPSA) is 59.4 Å². The van der Waals surface area contributed by atoms with Crippen LogP contribution in [0.25, 0.3) is 0 Å². The van der Waals surface area contributed by atoms with Gasteiger partial charge in [-0.1, -0.05) is 11.6 Å². The van der Waals surface area contributed by atoms with Crippen molar-refractivity contribution in [1.29, 1.82) is 0 Å². The second-order valence-electron chi connectivity index (χ2n) is 2.14. The van der Waals surface area contributed by atoms with Crippen LogP contribution in [-0.4, -0.2) is 20.4 Å². The van der Waals surface area contributed by atoms with Gasteiger partial charge in [-0.3, -0.25) is 0 Å². The molecule has 1 aromatic rings. The van der Waals surface area contributed by atoms with E-state index in [0.717, 1.165) is 0 Å². The number of hydrogen-bond acceptors (Lipinski definition) is 3. The number of aromatic nitrogens is 1. The lowest BCUT2D eigenvalue weighted by molar-refractivity contribution is 0.317. The lowest BCUT2D eigenvalue weighted by atomic mass is 10.5. The molecule has 0 saturated carbocycles. The van der Waals surface area contributed by atoms with Gasteiger partial charge in [-0.2, -0.15) is 0 Å². The van der Waals surface area contributed by atoms with Crippen molar-refractivity contribution >= 4 is 22.7 Å². The highest BCUT2D eigenvalue weighted by Gasteiger charge is 2.10. The summed E-state index contributed by atoms with van der Waals surface area (Å²) in [5.74, 6) is 0.146. The molecule has 0 aliphatic rings. The molecule has 1 heterocycles. The Morgan fingerprint density at radius 1 is 1.77 bits per heavy atom. The number of hydrogen-bond donors (Lipinski definition) is 1. The smallest absolute Gasteiger partial charge is 0.232 e. The Morgan fingerprint density at radius 2 is 2.46 bits per heavy atom. The monoisotopic (exact) mass is 221 g/mol. The molecule has 0 aliphatic carbocycles. The minimum absolute atomic E-state index is 0.0920. The molecule has 1 N–H and O–H groups in total. The zero-order valence-electron chi connectivity index (χ0n) is 6.86. The molecule has 6 heteroatoms. The average molecular weight is 222 g/mol. The van der Waals surface area contributed by atoms with E-state index < -0.39 is 11.1 Å². The van der Waals surface area contributed by atoms with Crippen molar-refractivity contribution in [3.05, 3.63) is 17.3 Å². The van der Waals surface area contributed by atoms with Crippen LogP contribution < -0.4 is 4.74 Å². The van der Waals surface area contributed by atoms with Gasteiger partial charge >= 0.3 is 0 Å². The second-order valence-corrected chi connectivity index (χ2v) is 3.51. The lowest BCUT2D eigenvalue weighted by Gasteiger charge is -2.05. The van der Waals surface area contributed by atoms with Crippen LogP contribution in [0, 0.1) is 0 Å². The van der Waals surface area contributed by atoms with Crippen molar-refractivity contribution in [3.63, 3.8) is 0 Å². The van der Waals surface area contributed by atoms with Gasteiger partial charge in [0.15, 0.2) is 11.1 Å². The highest BCUT2D eigenvalue weighted by molar-refractivity contribution is 7.79. The van der Waals surface area contributed by atoms with Crippen LogP contribution in [-0.2, 0) is 11.1 Å². The summed E-state index contributed by atoms with van der Waals surface area (Å²) in [6.07, 6.45) is 1.36. The van der Waals surface area contributed by atoms with Crippen LogP contribution in [0.2, 0.25) is 5.02 Å². The molecule has 1 atom stereocenters. The first kappa shape index (κ1) is 10.4. The highest BCUT2D eigenvalue weighted by Crippen LogP contribution is 2.21. The van der Waals surface area contributed by atoms with E-state index in [0.29, 0.717) is 11.6 Å². The van der Waals surface area contributed by atoms with Gasteiger partial charge in [-0.15, -0.1) is 0 Å². The minimum atomic E-state index is -2.12. The van der Waals surface area contributed by atoms with Crippen LogP contribution in [0.3, 0.4) is 0 Å². The standard InChI is InChI=1S/C7H8ClNO3S/c1-2-12-7-6(13(10)11)3-5(8)4-9-7/h3-4H,2H2,1H3,(H,10,11). The van der Waals surface area contributed by atoms with E-state index >= 15 is 0 Å². The SMILES string of the molecule is CCOc1ncc(Cl)cc1S(=O)O. The third-order valence-corrected chi connectivity index (χ3v) is 2.13. The van der Waals surface area contributed by atoms with E-state index in [-0.39, 0.29) is 10.8 Å². The van der Waals surface area contributed by atoms with Crippen molar-refractivity contribution in [2.24, 2.45) is 0 Å². The van der Waals surface area contributed by atoms with Crippen LogP contribution in [0.1, 0.15) is 6.92 Å². The van der Waals surface area contributed by atoms with Crippen molar-refractivity contribution in [3.8, 4) is 5.88 Å². The summed E-state index contributed by atoms with van der Waals surface area (Å²) in [6.45, 7) is 2.15. The van der Waals surface area contributed by atoms with Gasteiger partial charge in [-0.25, -0.2) is 9.19 Å². The van der Waals surface area contributed by atoms with Gasteiger partial charge in [0.1, 0.15) is 4.90 Å². The fraction of sp³-hybridized carbons (Fsp3) is 0.286. The molecular weight excluding hydrogens is 214 g/mol. The summed E-state index contributed by atoms with van der Waals surface area (Å²) in [7, 11) is 0. The molecule has 13 heavy (non-hydrogen) atoms. The summed E-state index contributed by atoms with van der Waals surface area (Å²) in [5.41, 5.74) is 0. The first-order valence-electron chi connectivity index (χ1n) is 3.54. The van der Waals surface area contributed by atoms with Crippen molar-refractivity contribution in [2.75, 3.05) is 6.61 Å². The highest BCUT2D eigenvalue weighted by atomic mass is 35.5. The Labute approximate surface area is 83.2 Å². The van der Waals surface area contributed by atoms with Crippen LogP contribution in [0.4, 0.5) is 0 Å². The maximum Gasteiger partial charge on any atom is 0.232 e. The molecule has 0 spiro atoms. The quantitative estimate of drug-likeness (QED) is 0.790. The third kappa shape index (κ3) is 2.65. The Kier molecular flexibility index (Phi) is 3.65. The molecule has 1 unspecified atom stereocenters. The van der Waals surface area contributed by atoms with E-state index in [1.807, 2.05) is 0 Å². The summed E-state index contributed by atoms with van der Waals surface area (Å²) < 4.78 is 24.7. The Morgan fingerprint density at radius 3 is 3.00 bits per heavy atom. The van der Waals surface area contributed by atoms with Gasteiger partial charge < -0.3 is 9.29 Å². The normalized spacial score (nSPS) is 12.5. The maximum atomic E-state index is 10.8. The zero-order chi connectivity index (χ0) is 9.84.